The Morgan fingerprint density at radius 3 is 2.82 bits per heavy atom. The van der Waals surface area contributed by atoms with E-state index in [2.05, 4.69) is 26.1 Å². The predicted octanol–water partition coefficient (Wildman–Crippen LogP) is 0.994. The highest BCUT2D eigenvalue weighted by atomic mass is 16.3. The average Bonchev–Trinajstić information content (AvgIpc) is 2.57. The molecule has 1 amide bonds. The number of amides is 1. The van der Waals surface area contributed by atoms with Gasteiger partial charge in [-0.1, -0.05) is 20.8 Å². The van der Waals surface area contributed by atoms with Crippen LogP contribution in [0.5, 0.6) is 0 Å². The van der Waals surface area contributed by atoms with Crippen LogP contribution in [0.2, 0.25) is 0 Å². The van der Waals surface area contributed by atoms with Gasteiger partial charge < -0.3 is 15.3 Å². The van der Waals surface area contributed by atoms with E-state index in [4.69, 9.17) is 0 Å². The van der Waals surface area contributed by atoms with E-state index in [9.17, 15) is 9.90 Å². The van der Waals surface area contributed by atoms with Gasteiger partial charge >= 0.3 is 0 Å². The van der Waals surface area contributed by atoms with Crippen molar-refractivity contribution in [2.75, 3.05) is 19.6 Å². The Kier molecular flexibility index (Phi) is 5.92. The Balaban J connectivity index is 2.34. The van der Waals surface area contributed by atoms with E-state index in [0.717, 1.165) is 32.4 Å². The van der Waals surface area contributed by atoms with Gasteiger partial charge in [-0.25, -0.2) is 0 Å². The molecule has 0 aromatic rings. The minimum absolute atomic E-state index is 0.0267. The van der Waals surface area contributed by atoms with Crippen LogP contribution >= 0.6 is 0 Å². The lowest BCUT2D eigenvalue weighted by molar-refractivity contribution is -0.130. The zero-order valence-corrected chi connectivity index (χ0v) is 11.3. The number of nitrogens with zero attached hydrogens (tertiary/aromatic N) is 1. The summed E-state index contributed by atoms with van der Waals surface area (Å²) >= 11 is 0. The molecule has 2 unspecified atom stereocenters. The van der Waals surface area contributed by atoms with Crippen molar-refractivity contribution in [1.82, 2.24) is 10.2 Å². The topological polar surface area (TPSA) is 52.6 Å². The molecule has 0 aromatic heterocycles. The van der Waals surface area contributed by atoms with Crippen molar-refractivity contribution in [3.63, 3.8) is 0 Å². The number of aliphatic hydroxyl groups is 1. The number of hydrogen-bond donors (Lipinski definition) is 2. The van der Waals surface area contributed by atoms with Crippen LogP contribution in [0.1, 0.15) is 40.0 Å². The molecule has 2 atom stereocenters. The molecule has 4 heteroatoms. The summed E-state index contributed by atoms with van der Waals surface area (Å²) in [6.45, 7) is 8.41. The molecule has 4 nitrogen and oxygen atoms in total. The maximum Gasteiger partial charge on any atom is 0.239 e. The second-order valence-electron chi connectivity index (χ2n) is 5.36. The number of nitrogens with one attached hydrogen (secondary N) is 1. The molecule has 0 spiro atoms. The van der Waals surface area contributed by atoms with Crippen molar-refractivity contribution < 1.29 is 9.90 Å². The Labute approximate surface area is 104 Å². The quantitative estimate of drug-likeness (QED) is 0.700. The Hall–Kier alpha value is -0.610. The first kappa shape index (κ1) is 14.5. The first-order valence-electron chi connectivity index (χ1n) is 6.74. The average molecular weight is 242 g/mol. The molecular formula is C13H26N2O2. The normalized spacial score (nSPS) is 22.5. The number of carbonyl (C=O) groups is 1. The third-order valence-electron chi connectivity index (χ3n) is 3.11. The number of hydrogen-bond acceptors (Lipinski definition) is 3. The molecule has 0 radical (unpaired) electrons. The highest BCUT2D eigenvalue weighted by Crippen LogP contribution is 2.14. The molecule has 2 N–H and O–H groups in total. The summed E-state index contributed by atoms with van der Waals surface area (Å²) in [5, 5.41) is 13.1. The van der Waals surface area contributed by atoms with Gasteiger partial charge in [0.25, 0.3) is 0 Å². The number of β-amino-alcohol motifs (C(OH)–C–C–N with tert-alkyl or cyclic N) is 1. The molecule has 1 fully saturated rings. The van der Waals surface area contributed by atoms with Crippen LogP contribution in [-0.2, 0) is 4.79 Å². The third kappa shape index (κ3) is 4.64. The molecule has 0 aromatic carbocycles. The zero-order chi connectivity index (χ0) is 12.8. The van der Waals surface area contributed by atoms with Crippen LogP contribution < -0.4 is 5.32 Å². The molecule has 100 valence electrons. The van der Waals surface area contributed by atoms with Crippen molar-refractivity contribution in [2.45, 2.75) is 52.2 Å². The van der Waals surface area contributed by atoms with Crippen LogP contribution in [-0.4, -0.2) is 47.7 Å². The third-order valence-corrected chi connectivity index (χ3v) is 3.11. The summed E-state index contributed by atoms with van der Waals surface area (Å²) in [7, 11) is 0. The maximum atomic E-state index is 12.0. The largest absolute Gasteiger partial charge is 0.391 e. The molecule has 1 rings (SSSR count). The van der Waals surface area contributed by atoms with Gasteiger partial charge in [0.15, 0.2) is 0 Å². The SMILES string of the molecule is CCCNC1CCN(CC(O)CC(C)C)C1=O. The second kappa shape index (κ2) is 6.97. The standard InChI is InChI=1S/C13H26N2O2/c1-4-6-14-12-5-7-15(13(12)17)9-11(16)8-10(2)3/h10-12,14,16H,4-9H2,1-3H3. The molecule has 17 heavy (non-hydrogen) atoms. The minimum Gasteiger partial charge on any atom is -0.391 e. The van der Waals surface area contributed by atoms with Crippen LogP contribution in [0.3, 0.4) is 0 Å². The first-order chi connectivity index (χ1) is 8.04. The molecule has 1 aliphatic heterocycles. The fraction of sp³-hybridized carbons (Fsp3) is 0.923. The van der Waals surface area contributed by atoms with E-state index in [1.165, 1.54) is 0 Å². The molecule has 1 heterocycles. The molecule has 0 aliphatic carbocycles. The van der Waals surface area contributed by atoms with Crippen LogP contribution in [0.25, 0.3) is 0 Å². The second-order valence-corrected chi connectivity index (χ2v) is 5.36. The smallest absolute Gasteiger partial charge is 0.239 e. The zero-order valence-electron chi connectivity index (χ0n) is 11.3. The summed E-state index contributed by atoms with van der Waals surface area (Å²) in [5.41, 5.74) is 0. The molecule has 1 saturated heterocycles. The van der Waals surface area contributed by atoms with Crippen molar-refractivity contribution in [3.8, 4) is 0 Å². The summed E-state index contributed by atoms with van der Waals surface area (Å²) in [5.74, 6) is 0.623. The monoisotopic (exact) mass is 242 g/mol. The van der Waals surface area contributed by atoms with Gasteiger partial charge in [-0.15, -0.1) is 0 Å². The van der Waals surface area contributed by atoms with Crippen LogP contribution in [0, 0.1) is 5.92 Å². The summed E-state index contributed by atoms with van der Waals surface area (Å²) in [6.07, 6.45) is 2.29. The van der Waals surface area contributed by atoms with Gasteiger partial charge in [-0.05, 0) is 31.7 Å². The van der Waals surface area contributed by atoms with Crippen molar-refractivity contribution in [1.29, 1.82) is 0 Å². The van der Waals surface area contributed by atoms with Crippen molar-refractivity contribution in [3.05, 3.63) is 0 Å². The Morgan fingerprint density at radius 2 is 2.24 bits per heavy atom. The Bertz CT molecular complexity index is 244. The number of aliphatic hydroxyl groups excluding tert-OH is 1. The van der Waals surface area contributed by atoms with Crippen molar-refractivity contribution >= 4 is 5.91 Å². The van der Waals surface area contributed by atoms with E-state index < -0.39 is 0 Å². The summed E-state index contributed by atoms with van der Waals surface area (Å²) < 4.78 is 0. The predicted molar refractivity (Wildman–Crippen MR) is 68.7 cm³/mol. The molecular weight excluding hydrogens is 216 g/mol. The fourth-order valence-corrected chi connectivity index (χ4v) is 2.30. The van der Waals surface area contributed by atoms with Gasteiger partial charge in [0.2, 0.25) is 5.91 Å². The lowest BCUT2D eigenvalue weighted by Gasteiger charge is -2.21. The molecule has 1 aliphatic rings. The van der Waals surface area contributed by atoms with Gasteiger partial charge in [0.05, 0.1) is 12.1 Å². The number of rotatable bonds is 7. The molecule has 0 saturated carbocycles. The van der Waals surface area contributed by atoms with E-state index >= 15 is 0 Å². The minimum atomic E-state index is -0.385. The first-order valence-corrected chi connectivity index (χ1v) is 6.74. The van der Waals surface area contributed by atoms with E-state index in [-0.39, 0.29) is 18.1 Å². The van der Waals surface area contributed by atoms with E-state index in [0.29, 0.717) is 12.5 Å². The molecule has 0 bridgehead atoms. The van der Waals surface area contributed by atoms with Gasteiger partial charge in [-0.2, -0.15) is 0 Å². The summed E-state index contributed by atoms with van der Waals surface area (Å²) in [6, 6.07) is -0.0267. The van der Waals surface area contributed by atoms with Crippen LogP contribution in [0.15, 0.2) is 0 Å². The highest BCUT2D eigenvalue weighted by Gasteiger charge is 2.31. The van der Waals surface area contributed by atoms with Gasteiger partial charge in [-0.3, -0.25) is 4.79 Å². The van der Waals surface area contributed by atoms with Gasteiger partial charge in [0.1, 0.15) is 0 Å². The summed E-state index contributed by atoms with van der Waals surface area (Å²) in [4.78, 5) is 13.8. The van der Waals surface area contributed by atoms with Gasteiger partial charge in [0, 0.05) is 13.1 Å². The number of likely N-dealkylation sites (tertiary alicyclic amines) is 1. The van der Waals surface area contributed by atoms with E-state index in [1.807, 2.05) is 0 Å². The fourth-order valence-electron chi connectivity index (χ4n) is 2.30. The highest BCUT2D eigenvalue weighted by molar-refractivity contribution is 5.84. The van der Waals surface area contributed by atoms with Crippen LogP contribution in [0.4, 0.5) is 0 Å². The lowest BCUT2D eigenvalue weighted by atomic mass is 10.1. The van der Waals surface area contributed by atoms with Crippen molar-refractivity contribution in [2.24, 2.45) is 5.92 Å². The maximum absolute atomic E-state index is 12.0. The lowest BCUT2D eigenvalue weighted by Crippen LogP contribution is -2.41. The Morgan fingerprint density at radius 1 is 1.53 bits per heavy atom. The van der Waals surface area contributed by atoms with E-state index in [1.54, 1.807) is 4.90 Å². The number of carbonyl (C=O) groups excluding carboxylic acids is 1.